The fourth-order valence-electron chi connectivity index (χ4n) is 3.29. The lowest BCUT2D eigenvalue weighted by atomic mass is 9.96. The van der Waals surface area contributed by atoms with Crippen molar-refractivity contribution in [3.8, 4) is 0 Å². The average Bonchev–Trinajstić information content (AvgIpc) is 2.69. The largest absolute Gasteiger partial charge is 0.372 e. The first-order chi connectivity index (χ1) is 13.8. The second-order valence-corrected chi connectivity index (χ2v) is 8.13. The van der Waals surface area contributed by atoms with E-state index in [9.17, 15) is 4.79 Å². The Balaban J connectivity index is 1.91. The lowest BCUT2D eigenvalue weighted by molar-refractivity contribution is -0.120. The number of rotatable bonds is 8. The van der Waals surface area contributed by atoms with E-state index >= 15 is 0 Å². The minimum absolute atomic E-state index is 0.112. The van der Waals surface area contributed by atoms with Crippen LogP contribution < -0.4 is 15.5 Å². The third-order valence-corrected chi connectivity index (χ3v) is 5.21. The second kappa shape index (κ2) is 11.0. The Hall–Kier alpha value is -2.40. The van der Waals surface area contributed by atoms with E-state index in [2.05, 4.69) is 67.5 Å². The zero-order valence-corrected chi connectivity index (χ0v) is 19.0. The Morgan fingerprint density at radius 2 is 1.55 bits per heavy atom. The van der Waals surface area contributed by atoms with Crippen molar-refractivity contribution in [3.63, 3.8) is 0 Å². The number of thiocarbonyl (C=S) groups is 1. The highest BCUT2D eigenvalue weighted by molar-refractivity contribution is 7.80. The fourth-order valence-corrected chi connectivity index (χ4v) is 3.51. The van der Waals surface area contributed by atoms with Crippen LogP contribution in [-0.2, 0) is 11.2 Å². The van der Waals surface area contributed by atoms with Crippen molar-refractivity contribution in [1.29, 1.82) is 0 Å². The van der Waals surface area contributed by atoms with Gasteiger partial charge in [0, 0.05) is 24.5 Å². The van der Waals surface area contributed by atoms with Crippen LogP contribution in [0.15, 0.2) is 48.5 Å². The molecular formula is C24H33N3OS. The Morgan fingerprint density at radius 1 is 0.966 bits per heavy atom. The molecule has 0 aliphatic carbocycles. The molecule has 0 spiro atoms. The molecule has 1 unspecified atom stereocenters. The van der Waals surface area contributed by atoms with Crippen molar-refractivity contribution in [1.82, 2.24) is 5.32 Å². The van der Waals surface area contributed by atoms with Gasteiger partial charge in [-0.15, -0.1) is 0 Å². The highest BCUT2D eigenvalue weighted by atomic mass is 32.1. The summed E-state index contributed by atoms with van der Waals surface area (Å²) in [5, 5.41) is 6.21. The first-order valence-electron chi connectivity index (χ1n) is 10.4. The number of anilines is 2. The van der Waals surface area contributed by atoms with E-state index in [-0.39, 0.29) is 11.8 Å². The number of nitrogens with one attached hydrogen (secondary N) is 2. The summed E-state index contributed by atoms with van der Waals surface area (Å²) in [6, 6.07) is 16.3. The van der Waals surface area contributed by atoms with E-state index in [1.165, 1.54) is 11.3 Å². The highest BCUT2D eigenvalue weighted by Gasteiger charge is 2.16. The van der Waals surface area contributed by atoms with Crippen LogP contribution in [0.3, 0.4) is 0 Å². The lowest BCUT2D eigenvalue weighted by Crippen LogP contribution is -2.36. The van der Waals surface area contributed by atoms with Gasteiger partial charge in [0.2, 0.25) is 5.91 Å². The molecule has 156 valence electrons. The summed E-state index contributed by atoms with van der Waals surface area (Å²) in [6.07, 6.45) is 1.04. The summed E-state index contributed by atoms with van der Waals surface area (Å²) in [7, 11) is 0. The van der Waals surface area contributed by atoms with Gasteiger partial charge in [0.05, 0.1) is 5.92 Å². The monoisotopic (exact) mass is 411 g/mol. The molecule has 0 aliphatic heterocycles. The molecule has 0 fully saturated rings. The minimum atomic E-state index is -0.270. The summed E-state index contributed by atoms with van der Waals surface area (Å²) >= 11 is 5.33. The van der Waals surface area contributed by atoms with Crippen molar-refractivity contribution in [2.75, 3.05) is 23.3 Å². The zero-order valence-electron chi connectivity index (χ0n) is 18.2. The van der Waals surface area contributed by atoms with Gasteiger partial charge in [-0.2, -0.15) is 0 Å². The molecule has 2 N–H and O–H groups in total. The van der Waals surface area contributed by atoms with Gasteiger partial charge in [0.25, 0.3) is 0 Å². The van der Waals surface area contributed by atoms with Crippen molar-refractivity contribution in [2.24, 2.45) is 5.92 Å². The van der Waals surface area contributed by atoms with Crippen LogP contribution in [0.25, 0.3) is 0 Å². The quantitative estimate of drug-likeness (QED) is 0.575. The number of amides is 1. The van der Waals surface area contributed by atoms with E-state index in [0.29, 0.717) is 11.0 Å². The summed E-state index contributed by atoms with van der Waals surface area (Å²) in [4.78, 5) is 14.9. The maximum atomic E-state index is 12.6. The topological polar surface area (TPSA) is 44.4 Å². The van der Waals surface area contributed by atoms with Crippen molar-refractivity contribution >= 4 is 34.6 Å². The molecule has 2 rings (SSSR count). The van der Waals surface area contributed by atoms with Gasteiger partial charge in [-0.25, -0.2) is 0 Å². The molecular weight excluding hydrogens is 378 g/mol. The minimum Gasteiger partial charge on any atom is -0.372 e. The van der Waals surface area contributed by atoms with Crippen molar-refractivity contribution < 1.29 is 4.79 Å². The van der Waals surface area contributed by atoms with Crippen LogP contribution in [0.1, 0.15) is 51.7 Å². The molecule has 0 radical (unpaired) electrons. The van der Waals surface area contributed by atoms with Gasteiger partial charge in [0.15, 0.2) is 5.11 Å². The maximum Gasteiger partial charge on any atom is 0.233 e. The average molecular weight is 412 g/mol. The van der Waals surface area contributed by atoms with E-state index in [1.54, 1.807) is 0 Å². The van der Waals surface area contributed by atoms with Gasteiger partial charge in [0.1, 0.15) is 0 Å². The van der Waals surface area contributed by atoms with Crippen LogP contribution in [0.4, 0.5) is 11.4 Å². The van der Waals surface area contributed by atoms with Gasteiger partial charge >= 0.3 is 0 Å². The highest BCUT2D eigenvalue weighted by Crippen LogP contribution is 2.19. The Bertz CT molecular complexity index is 796. The first-order valence-corrected chi connectivity index (χ1v) is 10.8. The second-order valence-electron chi connectivity index (χ2n) is 7.72. The van der Waals surface area contributed by atoms with Crippen molar-refractivity contribution in [2.45, 2.75) is 47.0 Å². The number of hydrogen-bond acceptors (Lipinski definition) is 3. The maximum absolute atomic E-state index is 12.6. The Kier molecular flexibility index (Phi) is 8.65. The number of benzene rings is 2. The van der Waals surface area contributed by atoms with Crippen LogP contribution in [0.5, 0.6) is 0 Å². The van der Waals surface area contributed by atoms with Crippen LogP contribution in [-0.4, -0.2) is 24.1 Å². The van der Waals surface area contributed by atoms with E-state index in [1.807, 2.05) is 31.2 Å². The zero-order chi connectivity index (χ0) is 21.4. The summed E-state index contributed by atoms with van der Waals surface area (Å²) in [6.45, 7) is 12.5. The Labute approximate surface area is 180 Å². The van der Waals surface area contributed by atoms with Gasteiger partial charge < -0.3 is 15.5 Å². The number of hydrogen-bond donors (Lipinski definition) is 2. The van der Waals surface area contributed by atoms with Gasteiger partial charge in [-0.1, -0.05) is 38.1 Å². The van der Waals surface area contributed by atoms with Gasteiger partial charge in [-0.05, 0) is 80.7 Å². The molecule has 0 aromatic heterocycles. The molecule has 29 heavy (non-hydrogen) atoms. The molecule has 5 heteroatoms. The molecule has 2 aromatic carbocycles. The van der Waals surface area contributed by atoms with Crippen LogP contribution in [0, 0.1) is 5.92 Å². The smallest absolute Gasteiger partial charge is 0.233 e. The fraction of sp³-hybridized carbons (Fsp3) is 0.417. The van der Waals surface area contributed by atoms with E-state index in [4.69, 9.17) is 12.2 Å². The summed E-state index contributed by atoms with van der Waals surface area (Å²) in [5.74, 6) is 0.234. The summed E-state index contributed by atoms with van der Waals surface area (Å²) in [5.41, 5.74) is 4.31. The molecule has 0 bridgehead atoms. The number of nitrogens with zero attached hydrogens (tertiary/aromatic N) is 1. The Morgan fingerprint density at radius 3 is 2.07 bits per heavy atom. The lowest BCUT2D eigenvalue weighted by Gasteiger charge is -2.21. The molecule has 0 aliphatic rings. The molecule has 1 atom stereocenters. The van der Waals surface area contributed by atoms with E-state index in [0.717, 1.165) is 30.8 Å². The molecule has 0 saturated carbocycles. The summed E-state index contributed by atoms with van der Waals surface area (Å²) < 4.78 is 0. The number of carbonyl (C=O) groups excluding carboxylic acids is 1. The molecule has 0 heterocycles. The molecule has 4 nitrogen and oxygen atoms in total. The van der Waals surface area contributed by atoms with Crippen LogP contribution >= 0.6 is 12.2 Å². The predicted octanol–water partition coefficient (Wildman–Crippen LogP) is 5.35. The standard InChI is InChI=1S/C24H33N3OS/c1-6-27(7-2)22-14-12-21(13-15-22)25-24(29)26-23(28)18(5)20-10-8-19(9-11-20)16-17(3)4/h8-15,17-18H,6-7,16H2,1-5H3,(H2,25,26,28,29). The SMILES string of the molecule is CCN(CC)c1ccc(NC(=S)NC(=O)C(C)c2ccc(CC(C)C)cc2)cc1. The predicted molar refractivity (Wildman–Crippen MR) is 128 cm³/mol. The number of carbonyl (C=O) groups is 1. The normalized spacial score (nSPS) is 11.8. The molecule has 0 saturated heterocycles. The molecule has 1 amide bonds. The van der Waals surface area contributed by atoms with E-state index < -0.39 is 0 Å². The van der Waals surface area contributed by atoms with Crippen LogP contribution in [0.2, 0.25) is 0 Å². The third kappa shape index (κ3) is 6.86. The molecule has 2 aromatic rings. The first kappa shape index (κ1) is 22.9. The van der Waals surface area contributed by atoms with Crippen molar-refractivity contribution in [3.05, 3.63) is 59.7 Å². The third-order valence-electron chi connectivity index (χ3n) is 5.01. The van der Waals surface area contributed by atoms with Gasteiger partial charge in [-0.3, -0.25) is 4.79 Å².